The number of hydrogen-bond acceptors (Lipinski definition) is 4. The topological polar surface area (TPSA) is 110 Å². The maximum atomic E-state index is 12.3. The quantitative estimate of drug-likeness (QED) is 0.725. The smallest absolute Gasteiger partial charge is 0.332 e. The lowest BCUT2D eigenvalue weighted by molar-refractivity contribution is 0.0888. The van der Waals surface area contributed by atoms with Gasteiger partial charge in [0, 0.05) is 23.1 Å². The second-order valence-corrected chi connectivity index (χ2v) is 6.45. The van der Waals surface area contributed by atoms with Crippen molar-refractivity contribution in [2.75, 3.05) is 0 Å². The molecule has 22 heavy (non-hydrogen) atoms. The van der Waals surface area contributed by atoms with Crippen LogP contribution in [-0.4, -0.2) is 23.2 Å². The summed E-state index contributed by atoms with van der Waals surface area (Å²) in [6, 6.07) is -0.716. The molecule has 2 rings (SSSR count). The summed E-state index contributed by atoms with van der Waals surface area (Å²) in [5.41, 5.74) is 9.18. The van der Waals surface area contributed by atoms with E-state index in [1.807, 2.05) is 27.7 Å². The third-order valence-corrected chi connectivity index (χ3v) is 3.32. The highest BCUT2D eigenvalue weighted by Gasteiger charge is 2.29. The lowest BCUT2D eigenvalue weighted by atomic mass is 9.93. The molecule has 7 heteroatoms. The lowest BCUT2D eigenvalue weighted by Gasteiger charge is -2.19. The Morgan fingerprint density at radius 2 is 1.95 bits per heavy atom. The number of hydrazone groups is 1. The molecular formula is C15H22N4O3. The van der Waals surface area contributed by atoms with E-state index in [1.54, 1.807) is 0 Å². The number of nitrogens with two attached hydrogens (primary N) is 1. The van der Waals surface area contributed by atoms with Gasteiger partial charge in [0.15, 0.2) is 5.76 Å². The molecule has 1 aliphatic rings. The highest BCUT2D eigenvalue weighted by atomic mass is 16.4. The molecular weight excluding hydrogens is 284 g/mol. The SMILES string of the molecule is Cc1c(C(=O)NC(C)(C)C)oc2c1/C(=N/NC(N)=O)CCC2. The number of amides is 3. The number of furan rings is 1. The van der Waals surface area contributed by atoms with Gasteiger partial charge >= 0.3 is 6.03 Å². The molecule has 1 aromatic rings. The number of fused-ring (bicyclic) bond motifs is 1. The minimum Gasteiger partial charge on any atom is -0.455 e. The number of primary amides is 1. The largest absolute Gasteiger partial charge is 0.455 e. The van der Waals surface area contributed by atoms with Gasteiger partial charge in [-0.1, -0.05) is 0 Å². The third kappa shape index (κ3) is 3.47. The molecule has 3 amide bonds. The molecule has 4 N–H and O–H groups in total. The van der Waals surface area contributed by atoms with Gasteiger partial charge in [0.25, 0.3) is 5.91 Å². The number of carbonyl (C=O) groups excluding carboxylic acids is 2. The van der Waals surface area contributed by atoms with Crippen LogP contribution in [0.4, 0.5) is 4.79 Å². The summed E-state index contributed by atoms with van der Waals surface area (Å²) in [4.78, 5) is 23.2. The van der Waals surface area contributed by atoms with Crippen LogP contribution in [0.25, 0.3) is 0 Å². The van der Waals surface area contributed by atoms with Crippen molar-refractivity contribution < 1.29 is 14.0 Å². The van der Waals surface area contributed by atoms with Crippen LogP contribution in [-0.2, 0) is 6.42 Å². The van der Waals surface area contributed by atoms with Crippen LogP contribution in [0.3, 0.4) is 0 Å². The number of rotatable bonds is 2. The molecule has 0 spiro atoms. The van der Waals surface area contributed by atoms with Crippen LogP contribution in [0.1, 0.15) is 61.1 Å². The Kier molecular flexibility index (Phi) is 4.25. The molecule has 0 atom stereocenters. The van der Waals surface area contributed by atoms with Crippen LogP contribution < -0.4 is 16.5 Å². The maximum absolute atomic E-state index is 12.3. The Labute approximate surface area is 129 Å². The highest BCUT2D eigenvalue weighted by Crippen LogP contribution is 2.30. The number of nitrogens with zero attached hydrogens (tertiary/aromatic N) is 1. The van der Waals surface area contributed by atoms with Gasteiger partial charge in [0.1, 0.15) is 5.76 Å². The van der Waals surface area contributed by atoms with E-state index in [-0.39, 0.29) is 11.4 Å². The van der Waals surface area contributed by atoms with Gasteiger partial charge in [0.2, 0.25) is 0 Å². The van der Waals surface area contributed by atoms with Gasteiger partial charge in [-0.05, 0) is 40.5 Å². The number of aryl methyl sites for hydroxylation is 1. The Hall–Kier alpha value is -2.31. The van der Waals surface area contributed by atoms with E-state index in [4.69, 9.17) is 10.2 Å². The van der Waals surface area contributed by atoms with Crippen LogP contribution >= 0.6 is 0 Å². The molecule has 0 aromatic carbocycles. The second-order valence-electron chi connectivity index (χ2n) is 6.45. The molecule has 120 valence electrons. The Morgan fingerprint density at radius 1 is 1.27 bits per heavy atom. The number of nitrogens with one attached hydrogen (secondary N) is 2. The maximum Gasteiger partial charge on any atom is 0.332 e. The molecule has 0 unspecified atom stereocenters. The minimum absolute atomic E-state index is 0.249. The molecule has 0 bridgehead atoms. The average molecular weight is 306 g/mol. The minimum atomic E-state index is -0.716. The van der Waals surface area contributed by atoms with Gasteiger partial charge in [-0.25, -0.2) is 10.2 Å². The molecule has 0 saturated heterocycles. The van der Waals surface area contributed by atoms with Crippen molar-refractivity contribution in [1.29, 1.82) is 0 Å². The van der Waals surface area contributed by atoms with Crippen molar-refractivity contribution in [2.24, 2.45) is 10.8 Å². The van der Waals surface area contributed by atoms with Crippen LogP contribution in [0.15, 0.2) is 9.52 Å². The lowest BCUT2D eigenvalue weighted by Crippen LogP contribution is -2.40. The van der Waals surface area contributed by atoms with E-state index >= 15 is 0 Å². The van der Waals surface area contributed by atoms with Crippen molar-refractivity contribution in [3.05, 3.63) is 22.6 Å². The number of carbonyl (C=O) groups is 2. The normalized spacial score (nSPS) is 16.3. The molecule has 1 aliphatic carbocycles. The summed E-state index contributed by atoms with van der Waals surface area (Å²) in [5.74, 6) is 0.781. The fourth-order valence-corrected chi connectivity index (χ4v) is 2.52. The third-order valence-electron chi connectivity index (χ3n) is 3.32. The van der Waals surface area contributed by atoms with Gasteiger partial charge in [0.05, 0.1) is 5.71 Å². The molecule has 1 heterocycles. The molecule has 1 aromatic heterocycles. The average Bonchev–Trinajstić information content (AvgIpc) is 2.72. The zero-order chi connectivity index (χ0) is 16.5. The van der Waals surface area contributed by atoms with E-state index in [2.05, 4.69) is 15.8 Å². The molecule has 0 fully saturated rings. The summed E-state index contributed by atoms with van der Waals surface area (Å²) in [6.45, 7) is 7.55. The summed E-state index contributed by atoms with van der Waals surface area (Å²) in [7, 11) is 0. The Bertz CT molecular complexity index is 638. The highest BCUT2D eigenvalue weighted by molar-refractivity contribution is 6.06. The molecule has 7 nitrogen and oxygen atoms in total. The summed E-state index contributed by atoms with van der Waals surface area (Å²) in [5, 5.41) is 6.92. The van der Waals surface area contributed by atoms with Crippen molar-refractivity contribution in [3.63, 3.8) is 0 Å². The first-order valence-electron chi connectivity index (χ1n) is 7.26. The Balaban J connectivity index is 2.37. The van der Waals surface area contributed by atoms with Gasteiger partial charge in [-0.3, -0.25) is 4.79 Å². The first-order chi connectivity index (χ1) is 10.2. The first-order valence-corrected chi connectivity index (χ1v) is 7.26. The van der Waals surface area contributed by atoms with E-state index in [0.717, 1.165) is 29.7 Å². The molecule has 0 saturated carbocycles. The van der Waals surface area contributed by atoms with E-state index < -0.39 is 6.03 Å². The van der Waals surface area contributed by atoms with E-state index in [9.17, 15) is 9.59 Å². The molecule has 0 aliphatic heterocycles. The van der Waals surface area contributed by atoms with Crippen LogP contribution in [0.2, 0.25) is 0 Å². The zero-order valence-electron chi connectivity index (χ0n) is 13.4. The van der Waals surface area contributed by atoms with Crippen LogP contribution in [0.5, 0.6) is 0 Å². The van der Waals surface area contributed by atoms with Gasteiger partial charge in [-0.2, -0.15) is 5.10 Å². The van der Waals surface area contributed by atoms with Crippen molar-refractivity contribution in [1.82, 2.24) is 10.7 Å². The summed E-state index contributed by atoms with van der Waals surface area (Å²) < 4.78 is 5.74. The predicted molar refractivity (Wildman–Crippen MR) is 82.9 cm³/mol. The van der Waals surface area contributed by atoms with E-state index in [1.165, 1.54) is 0 Å². The predicted octanol–water partition coefficient (Wildman–Crippen LogP) is 1.83. The number of hydrogen-bond donors (Lipinski definition) is 3. The van der Waals surface area contributed by atoms with Crippen molar-refractivity contribution in [3.8, 4) is 0 Å². The molecule has 0 radical (unpaired) electrons. The zero-order valence-corrected chi connectivity index (χ0v) is 13.4. The van der Waals surface area contributed by atoms with E-state index in [0.29, 0.717) is 17.9 Å². The Morgan fingerprint density at radius 3 is 2.55 bits per heavy atom. The van der Waals surface area contributed by atoms with Crippen molar-refractivity contribution >= 4 is 17.6 Å². The van der Waals surface area contributed by atoms with Gasteiger partial charge in [-0.15, -0.1) is 0 Å². The summed E-state index contributed by atoms with van der Waals surface area (Å²) >= 11 is 0. The van der Waals surface area contributed by atoms with Crippen molar-refractivity contribution in [2.45, 2.75) is 52.5 Å². The second kappa shape index (κ2) is 5.82. The summed E-state index contributed by atoms with van der Waals surface area (Å²) in [6.07, 6.45) is 2.29. The monoisotopic (exact) mass is 306 g/mol. The fourth-order valence-electron chi connectivity index (χ4n) is 2.52. The standard InChI is InChI=1S/C15H22N4O3/c1-8-11-9(18-19-14(16)21)6-5-7-10(11)22-12(8)13(20)17-15(2,3)4/h5-7H2,1-4H3,(H,17,20)(H3,16,19,21)/b18-9+. The number of urea groups is 1. The van der Waals surface area contributed by atoms with Crippen LogP contribution in [0, 0.1) is 6.92 Å². The fraction of sp³-hybridized carbons (Fsp3) is 0.533. The first kappa shape index (κ1) is 16.1. The van der Waals surface area contributed by atoms with Gasteiger partial charge < -0.3 is 15.5 Å².